The first-order chi connectivity index (χ1) is 9.54. The number of nitrogens with zero attached hydrogens (tertiary/aromatic N) is 3. The van der Waals surface area contributed by atoms with Crippen molar-refractivity contribution in [1.29, 1.82) is 0 Å². The molecule has 0 saturated heterocycles. The summed E-state index contributed by atoms with van der Waals surface area (Å²) in [5, 5.41) is 0. The van der Waals surface area contributed by atoms with E-state index in [1.807, 2.05) is 0 Å². The van der Waals surface area contributed by atoms with Crippen LogP contribution in [0.2, 0.25) is 0 Å². The number of halogens is 3. The number of imidazole rings is 1. The average molecular weight is 277 g/mol. The predicted octanol–water partition coefficient (Wildman–Crippen LogP) is 3.53. The number of benzene rings is 1. The molecule has 0 aliphatic rings. The highest BCUT2D eigenvalue weighted by Crippen LogP contribution is 2.26. The third-order valence-electron chi connectivity index (χ3n) is 2.87. The van der Waals surface area contributed by atoms with Gasteiger partial charge in [-0.3, -0.25) is 4.57 Å². The Morgan fingerprint density at radius 1 is 1.00 bits per heavy atom. The van der Waals surface area contributed by atoms with E-state index in [1.165, 1.54) is 4.57 Å². The molecule has 0 aliphatic heterocycles. The van der Waals surface area contributed by atoms with Crippen LogP contribution in [0.3, 0.4) is 0 Å². The number of hydrogen-bond donors (Lipinski definition) is 0. The molecule has 0 unspecified atom stereocenters. The van der Waals surface area contributed by atoms with Crippen LogP contribution in [0.1, 0.15) is 5.82 Å². The lowest BCUT2D eigenvalue weighted by atomic mass is 10.3. The highest BCUT2D eigenvalue weighted by molar-refractivity contribution is 5.77. The van der Waals surface area contributed by atoms with E-state index in [-0.39, 0.29) is 5.82 Å². The first kappa shape index (κ1) is 12.7. The first-order valence-electron chi connectivity index (χ1n) is 5.99. The summed E-state index contributed by atoms with van der Waals surface area (Å²) in [5.74, 6) is 0.373. The van der Waals surface area contributed by atoms with Crippen LogP contribution in [0.25, 0.3) is 16.9 Å². The normalized spacial score (nSPS) is 11.9. The zero-order valence-corrected chi connectivity index (χ0v) is 10.3. The smallest absolute Gasteiger partial charge is 0.280 e. The summed E-state index contributed by atoms with van der Waals surface area (Å²) in [4.78, 5) is 8.19. The van der Waals surface area contributed by atoms with Crippen molar-refractivity contribution >= 4 is 11.0 Å². The van der Waals surface area contributed by atoms with Crippen molar-refractivity contribution in [3.63, 3.8) is 0 Å². The summed E-state index contributed by atoms with van der Waals surface area (Å²) >= 11 is 0. The standard InChI is InChI=1S/C14H10F3N3/c15-14(16,17)9-13-19-10-5-1-2-6-11(10)20(13)12-7-3-4-8-18-12/h1-8H,9H2. The number of aromatic nitrogens is 3. The lowest BCUT2D eigenvalue weighted by molar-refractivity contribution is -0.128. The van der Waals surface area contributed by atoms with Crippen LogP contribution in [0.4, 0.5) is 13.2 Å². The Balaban J connectivity index is 2.24. The summed E-state index contributed by atoms with van der Waals surface area (Å²) in [7, 11) is 0. The second-order valence-electron chi connectivity index (χ2n) is 4.33. The van der Waals surface area contributed by atoms with Crippen LogP contribution in [0, 0.1) is 0 Å². The van der Waals surface area contributed by atoms with E-state index in [0.717, 1.165) is 0 Å². The van der Waals surface area contributed by atoms with Crippen molar-refractivity contribution in [3.8, 4) is 5.82 Å². The maximum Gasteiger partial charge on any atom is 0.396 e. The highest BCUT2D eigenvalue weighted by atomic mass is 19.4. The van der Waals surface area contributed by atoms with E-state index < -0.39 is 12.6 Å². The molecule has 0 atom stereocenters. The van der Waals surface area contributed by atoms with Gasteiger partial charge >= 0.3 is 6.18 Å². The maximum atomic E-state index is 12.7. The molecular formula is C14H10F3N3. The molecule has 3 aromatic rings. The Bertz CT molecular complexity index is 732. The first-order valence-corrected chi connectivity index (χ1v) is 5.99. The second-order valence-corrected chi connectivity index (χ2v) is 4.33. The van der Waals surface area contributed by atoms with Crippen LogP contribution in [-0.2, 0) is 6.42 Å². The van der Waals surface area contributed by atoms with Gasteiger partial charge in [-0.05, 0) is 24.3 Å². The predicted molar refractivity (Wildman–Crippen MR) is 68.6 cm³/mol. The van der Waals surface area contributed by atoms with E-state index in [4.69, 9.17) is 0 Å². The zero-order valence-electron chi connectivity index (χ0n) is 10.3. The van der Waals surface area contributed by atoms with E-state index in [1.54, 1.807) is 48.7 Å². The van der Waals surface area contributed by atoms with Crippen LogP contribution in [0.5, 0.6) is 0 Å². The van der Waals surface area contributed by atoms with Gasteiger partial charge in [-0.1, -0.05) is 18.2 Å². The number of alkyl halides is 3. The summed E-state index contributed by atoms with van der Waals surface area (Å²) in [5.41, 5.74) is 1.14. The molecule has 2 heterocycles. The highest BCUT2D eigenvalue weighted by Gasteiger charge is 2.31. The number of pyridine rings is 1. The lowest BCUT2D eigenvalue weighted by Crippen LogP contribution is -2.16. The topological polar surface area (TPSA) is 30.7 Å². The summed E-state index contributed by atoms with van der Waals surface area (Å²) < 4.78 is 39.5. The molecule has 3 rings (SSSR count). The minimum Gasteiger partial charge on any atom is -0.280 e. The second kappa shape index (κ2) is 4.63. The van der Waals surface area contributed by atoms with Crippen molar-refractivity contribution in [1.82, 2.24) is 14.5 Å². The fraction of sp³-hybridized carbons (Fsp3) is 0.143. The Morgan fingerprint density at radius 2 is 1.75 bits per heavy atom. The van der Waals surface area contributed by atoms with E-state index >= 15 is 0 Å². The van der Waals surface area contributed by atoms with Crippen LogP contribution in [-0.4, -0.2) is 20.7 Å². The Hall–Kier alpha value is -2.37. The SMILES string of the molecule is FC(F)(F)Cc1nc2ccccc2n1-c1ccccn1. The average Bonchev–Trinajstić information content (AvgIpc) is 2.75. The molecule has 2 aromatic heterocycles. The molecule has 0 radical (unpaired) electrons. The molecular weight excluding hydrogens is 267 g/mol. The largest absolute Gasteiger partial charge is 0.396 e. The fourth-order valence-corrected chi connectivity index (χ4v) is 2.12. The molecule has 0 aliphatic carbocycles. The quantitative estimate of drug-likeness (QED) is 0.717. The zero-order chi connectivity index (χ0) is 14.2. The molecule has 0 N–H and O–H groups in total. The van der Waals surface area contributed by atoms with Gasteiger partial charge in [0.05, 0.1) is 11.0 Å². The minimum atomic E-state index is -4.31. The number of rotatable bonds is 2. The molecule has 20 heavy (non-hydrogen) atoms. The van der Waals surface area contributed by atoms with Gasteiger partial charge in [-0.15, -0.1) is 0 Å². The minimum absolute atomic E-state index is 0.0580. The van der Waals surface area contributed by atoms with E-state index in [9.17, 15) is 13.2 Å². The molecule has 3 nitrogen and oxygen atoms in total. The van der Waals surface area contributed by atoms with Crippen LogP contribution in [0.15, 0.2) is 48.7 Å². The third kappa shape index (κ3) is 2.36. The Kier molecular flexibility index (Phi) is 2.93. The van der Waals surface area contributed by atoms with Gasteiger partial charge in [0, 0.05) is 6.20 Å². The van der Waals surface area contributed by atoms with Crippen molar-refractivity contribution in [2.75, 3.05) is 0 Å². The Labute approximate surface area is 112 Å². The van der Waals surface area contributed by atoms with Gasteiger partial charge in [0.1, 0.15) is 18.1 Å². The summed E-state index contributed by atoms with van der Waals surface area (Å²) in [6.45, 7) is 0. The molecule has 1 aromatic carbocycles. The molecule has 0 bridgehead atoms. The molecule has 0 amide bonds. The van der Waals surface area contributed by atoms with Gasteiger partial charge in [-0.2, -0.15) is 13.2 Å². The summed E-state index contributed by atoms with van der Waals surface area (Å²) in [6.07, 6.45) is -3.85. The molecule has 0 spiro atoms. The molecule has 0 saturated carbocycles. The fourth-order valence-electron chi connectivity index (χ4n) is 2.12. The number of fused-ring (bicyclic) bond motifs is 1. The van der Waals surface area contributed by atoms with E-state index in [0.29, 0.717) is 16.9 Å². The van der Waals surface area contributed by atoms with Gasteiger partial charge in [0.15, 0.2) is 0 Å². The molecule has 0 fully saturated rings. The van der Waals surface area contributed by atoms with Gasteiger partial charge < -0.3 is 0 Å². The monoisotopic (exact) mass is 277 g/mol. The number of hydrogen-bond acceptors (Lipinski definition) is 2. The van der Waals surface area contributed by atoms with E-state index in [2.05, 4.69) is 9.97 Å². The van der Waals surface area contributed by atoms with Crippen molar-refractivity contribution in [3.05, 3.63) is 54.5 Å². The van der Waals surface area contributed by atoms with Crippen LogP contribution < -0.4 is 0 Å². The number of para-hydroxylation sites is 2. The van der Waals surface area contributed by atoms with Gasteiger partial charge in [-0.25, -0.2) is 9.97 Å². The van der Waals surface area contributed by atoms with Gasteiger partial charge in [0.25, 0.3) is 0 Å². The molecule has 6 heteroatoms. The van der Waals surface area contributed by atoms with Crippen molar-refractivity contribution < 1.29 is 13.2 Å². The van der Waals surface area contributed by atoms with Gasteiger partial charge in [0.2, 0.25) is 0 Å². The Morgan fingerprint density at radius 3 is 2.45 bits per heavy atom. The van der Waals surface area contributed by atoms with Crippen molar-refractivity contribution in [2.24, 2.45) is 0 Å². The van der Waals surface area contributed by atoms with Crippen LogP contribution >= 0.6 is 0 Å². The maximum absolute atomic E-state index is 12.7. The lowest BCUT2D eigenvalue weighted by Gasteiger charge is -2.09. The third-order valence-corrected chi connectivity index (χ3v) is 2.87. The molecule has 102 valence electrons. The summed E-state index contributed by atoms with van der Waals surface area (Å²) in [6, 6.07) is 12.0. The van der Waals surface area contributed by atoms with Crippen molar-refractivity contribution in [2.45, 2.75) is 12.6 Å².